The highest BCUT2D eigenvalue weighted by molar-refractivity contribution is 7.09. The quantitative estimate of drug-likeness (QED) is 0.738. The van der Waals surface area contributed by atoms with E-state index in [1.165, 1.54) is 28.8 Å². The molecule has 1 aliphatic heterocycles. The third-order valence-corrected chi connectivity index (χ3v) is 5.21. The minimum absolute atomic E-state index is 0.0103. The van der Waals surface area contributed by atoms with E-state index in [2.05, 4.69) is 9.88 Å². The Bertz CT molecular complexity index is 781. The molecule has 0 amide bonds. The first kappa shape index (κ1) is 19.8. The van der Waals surface area contributed by atoms with Gasteiger partial charge in [0.05, 0.1) is 19.8 Å². The standard InChI is InChI=1S/C18H21F2N3O3S/c19-14-2-1-13(15(20)9-14)10-23(4-3-22-5-7-26-8-6-22)11-17-21-16(12-27-17)18(24)25/h1-2,9,12H,3-8,10-11H2,(H,24,25). The van der Waals surface area contributed by atoms with Gasteiger partial charge in [0.25, 0.3) is 0 Å². The first-order valence-electron chi connectivity index (χ1n) is 8.65. The van der Waals surface area contributed by atoms with E-state index in [4.69, 9.17) is 9.84 Å². The van der Waals surface area contributed by atoms with Crippen molar-refractivity contribution in [3.05, 3.63) is 51.5 Å². The zero-order valence-corrected chi connectivity index (χ0v) is 15.6. The summed E-state index contributed by atoms with van der Waals surface area (Å²) in [7, 11) is 0. The molecule has 2 aromatic rings. The van der Waals surface area contributed by atoms with Gasteiger partial charge in [0.2, 0.25) is 0 Å². The van der Waals surface area contributed by atoms with Crippen LogP contribution in [0.1, 0.15) is 21.1 Å². The Hall–Kier alpha value is -1.94. The lowest BCUT2D eigenvalue weighted by atomic mass is 10.2. The zero-order valence-electron chi connectivity index (χ0n) is 14.7. The number of nitrogens with zero attached hydrogens (tertiary/aromatic N) is 3. The van der Waals surface area contributed by atoms with Crippen LogP contribution in [-0.2, 0) is 17.8 Å². The summed E-state index contributed by atoms with van der Waals surface area (Å²) in [6, 6.07) is 3.56. The SMILES string of the molecule is O=C(O)c1csc(CN(CCN2CCOCC2)Cc2ccc(F)cc2F)n1. The number of aromatic carboxylic acids is 1. The number of morpholine rings is 1. The molecule has 1 aliphatic rings. The molecular formula is C18H21F2N3O3S. The maximum atomic E-state index is 14.1. The molecule has 27 heavy (non-hydrogen) atoms. The molecule has 1 aromatic heterocycles. The monoisotopic (exact) mass is 397 g/mol. The van der Waals surface area contributed by atoms with Gasteiger partial charge >= 0.3 is 5.97 Å². The molecule has 1 aromatic carbocycles. The highest BCUT2D eigenvalue weighted by Crippen LogP contribution is 2.17. The number of carboxylic acids is 1. The van der Waals surface area contributed by atoms with Crippen LogP contribution in [0.4, 0.5) is 8.78 Å². The maximum Gasteiger partial charge on any atom is 0.355 e. The van der Waals surface area contributed by atoms with Crippen LogP contribution in [0.25, 0.3) is 0 Å². The summed E-state index contributed by atoms with van der Waals surface area (Å²) in [6.07, 6.45) is 0. The van der Waals surface area contributed by atoms with Crippen LogP contribution in [0.3, 0.4) is 0 Å². The lowest BCUT2D eigenvalue weighted by Gasteiger charge is -2.29. The summed E-state index contributed by atoms with van der Waals surface area (Å²) in [5.74, 6) is -2.26. The van der Waals surface area contributed by atoms with E-state index in [0.29, 0.717) is 43.4 Å². The number of ether oxygens (including phenoxy) is 1. The summed E-state index contributed by atoms with van der Waals surface area (Å²) < 4.78 is 32.6. The second-order valence-corrected chi connectivity index (χ2v) is 7.27. The van der Waals surface area contributed by atoms with Gasteiger partial charge in [0, 0.05) is 49.7 Å². The van der Waals surface area contributed by atoms with Crippen LogP contribution in [-0.4, -0.2) is 65.3 Å². The van der Waals surface area contributed by atoms with Crippen LogP contribution in [0, 0.1) is 11.6 Å². The summed E-state index contributed by atoms with van der Waals surface area (Å²) in [5, 5.41) is 11.2. The van der Waals surface area contributed by atoms with E-state index in [-0.39, 0.29) is 5.69 Å². The number of hydrogen-bond acceptors (Lipinski definition) is 6. The van der Waals surface area contributed by atoms with E-state index in [0.717, 1.165) is 25.7 Å². The van der Waals surface area contributed by atoms with Crippen LogP contribution >= 0.6 is 11.3 Å². The fraction of sp³-hybridized carbons (Fsp3) is 0.444. The fourth-order valence-electron chi connectivity index (χ4n) is 2.89. The number of carbonyl (C=O) groups is 1. The van der Waals surface area contributed by atoms with Gasteiger partial charge in [-0.2, -0.15) is 0 Å². The average molecular weight is 397 g/mol. The molecule has 6 nitrogen and oxygen atoms in total. The van der Waals surface area contributed by atoms with Gasteiger partial charge < -0.3 is 9.84 Å². The summed E-state index contributed by atoms with van der Waals surface area (Å²) in [6.45, 7) is 5.21. The molecule has 2 heterocycles. The Morgan fingerprint density at radius 3 is 2.74 bits per heavy atom. The average Bonchev–Trinajstić information content (AvgIpc) is 3.12. The van der Waals surface area contributed by atoms with Crippen molar-refractivity contribution in [2.45, 2.75) is 13.1 Å². The third-order valence-electron chi connectivity index (χ3n) is 4.37. The minimum atomic E-state index is -1.07. The fourth-order valence-corrected chi connectivity index (χ4v) is 3.69. The molecule has 0 radical (unpaired) electrons. The van der Waals surface area contributed by atoms with E-state index in [1.807, 2.05) is 4.90 Å². The van der Waals surface area contributed by atoms with Crippen molar-refractivity contribution in [1.29, 1.82) is 0 Å². The van der Waals surface area contributed by atoms with Crippen LogP contribution in [0.15, 0.2) is 23.6 Å². The number of thiazole rings is 1. The van der Waals surface area contributed by atoms with Crippen LogP contribution in [0.5, 0.6) is 0 Å². The molecule has 0 atom stereocenters. The van der Waals surface area contributed by atoms with E-state index >= 15 is 0 Å². The highest BCUT2D eigenvalue weighted by atomic mass is 32.1. The zero-order chi connectivity index (χ0) is 19.2. The van der Waals surface area contributed by atoms with Gasteiger partial charge in [0.15, 0.2) is 5.69 Å². The molecule has 1 saturated heterocycles. The molecule has 0 spiro atoms. The van der Waals surface area contributed by atoms with Gasteiger partial charge in [-0.1, -0.05) is 6.07 Å². The number of aromatic nitrogens is 1. The first-order valence-corrected chi connectivity index (χ1v) is 9.53. The van der Waals surface area contributed by atoms with Gasteiger partial charge in [0.1, 0.15) is 16.6 Å². The first-order chi connectivity index (χ1) is 13.0. The van der Waals surface area contributed by atoms with Gasteiger partial charge in [-0.3, -0.25) is 9.80 Å². The predicted molar refractivity (Wildman–Crippen MR) is 96.8 cm³/mol. The van der Waals surface area contributed by atoms with Crippen molar-refractivity contribution in [2.24, 2.45) is 0 Å². The van der Waals surface area contributed by atoms with Gasteiger partial charge in [-0.25, -0.2) is 18.6 Å². The molecule has 1 fully saturated rings. The Kier molecular flexibility index (Phi) is 6.84. The summed E-state index contributed by atoms with van der Waals surface area (Å²) in [4.78, 5) is 19.4. The van der Waals surface area contributed by atoms with E-state index < -0.39 is 17.6 Å². The van der Waals surface area contributed by atoms with Gasteiger partial charge in [-0.05, 0) is 6.07 Å². The molecular weight excluding hydrogens is 376 g/mol. The van der Waals surface area contributed by atoms with Crippen LogP contribution in [0.2, 0.25) is 0 Å². The molecule has 0 aliphatic carbocycles. The van der Waals surface area contributed by atoms with E-state index in [1.54, 1.807) is 0 Å². The molecule has 3 rings (SSSR count). The molecule has 0 saturated carbocycles. The molecule has 0 bridgehead atoms. The predicted octanol–water partition coefficient (Wildman–Crippen LogP) is 2.45. The minimum Gasteiger partial charge on any atom is -0.476 e. The third kappa shape index (κ3) is 5.77. The number of benzene rings is 1. The van der Waals surface area contributed by atoms with Crippen molar-refractivity contribution in [3.63, 3.8) is 0 Å². The Labute approximate surface area is 160 Å². The normalized spacial score (nSPS) is 15.4. The second-order valence-electron chi connectivity index (χ2n) is 6.33. The molecule has 1 N–H and O–H groups in total. The number of rotatable bonds is 8. The molecule has 146 valence electrons. The topological polar surface area (TPSA) is 65.9 Å². The number of halogens is 2. The summed E-state index contributed by atoms with van der Waals surface area (Å²) in [5.41, 5.74) is 0.407. The van der Waals surface area contributed by atoms with Crippen molar-refractivity contribution in [2.75, 3.05) is 39.4 Å². The Morgan fingerprint density at radius 1 is 1.30 bits per heavy atom. The van der Waals surface area contributed by atoms with Crippen molar-refractivity contribution in [3.8, 4) is 0 Å². The van der Waals surface area contributed by atoms with Gasteiger partial charge in [-0.15, -0.1) is 11.3 Å². The maximum absolute atomic E-state index is 14.1. The largest absolute Gasteiger partial charge is 0.476 e. The lowest BCUT2D eigenvalue weighted by Crippen LogP contribution is -2.41. The van der Waals surface area contributed by atoms with Crippen molar-refractivity contribution < 1.29 is 23.4 Å². The smallest absolute Gasteiger partial charge is 0.355 e. The summed E-state index contributed by atoms with van der Waals surface area (Å²) >= 11 is 1.26. The molecule has 9 heteroatoms. The number of carboxylic acid groups (broad SMARTS) is 1. The highest BCUT2D eigenvalue weighted by Gasteiger charge is 2.17. The number of hydrogen-bond donors (Lipinski definition) is 1. The van der Waals surface area contributed by atoms with Crippen molar-refractivity contribution in [1.82, 2.24) is 14.8 Å². The Morgan fingerprint density at radius 2 is 2.07 bits per heavy atom. The lowest BCUT2D eigenvalue weighted by molar-refractivity contribution is 0.0324. The Balaban J connectivity index is 1.69. The van der Waals surface area contributed by atoms with E-state index in [9.17, 15) is 13.6 Å². The van der Waals surface area contributed by atoms with Crippen molar-refractivity contribution >= 4 is 17.3 Å². The van der Waals surface area contributed by atoms with Crippen LogP contribution < -0.4 is 0 Å². The molecule has 0 unspecified atom stereocenters. The second kappa shape index (κ2) is 9.32.